The molecule has 1 aliphatic carbocycles. The van der Waals surface area contributed by atoms with E-state index in [4.69, 9.17) is 5.11 Å². The molecule has 4 rings (SSSR count). The van der Waals surface area contributed by atoms with Gasteiger partial charge in [-0.15, -0.1) is 5.10 Å². The Morgan fingerprint density at radius 3 is 2.73 bits per heavy atom. The van der Waals surface area contributed by atoms with Gasteiger partial charge in [0.15, 0.2) is 11.5 Å². The first-order valence-electron chi connectivity index (χ1n) is 9.96. The number of carbonyl (C=O) groups is 2. The van der Waals surface area contributed by atoms with E-state index in [-0.39, 0.29) is 28.5 Å². The van der Waals surface area contributed by atoms with Crippen LogP contribution in [0.2, 0.25) is 0 Å². The summed E-state index contributed by atoms with van der Waals surface area (Å²) in [5.74, 6) is -1.40. The molecule has 158 valence electrons. The van der Waals surface area contributed by atoms with Crippen molar-refractivity contribution >= 4 is 24.4 Å². The quantitative estimate of drug-likeness (QED) is 0.519. The molecule has 1 N–H and O–H groups in total. The Kier molecular flexibility index (Phi) is 6.01. The minimum absolute atomic E-state index is 0.00746. The van der Waals surface area contributed by atoms with E-state index in [1.54, 1.807) is 18.2 Å². The van der Waals surface area contributed by atoms with Crippen LogP contribution in [0.3, 0.4) is 0 Å². The fraction of sp³-hybridized carbons (Fsp3) is 0.429. The number of ketones is 1. The zero-order chi connectivity index (χ0) is 21.3. The summed E-state index contributed by atoms with van der Waals surface area (Å²) in [4.78, 5) is 27.4. The van der Waals surface area contributed by atoms with Crippen molar-refractivity contribution in [1.82, 2.24) is 19.9 Å². The second-order valence-corrected chi connectivity index (χ2v) is 8.37. The van der Waals surface area contributed by atoms with Gasteiger partial charge in [0.2, 0.25) is 0 Å². The molecule has 1 aliphatic heterocycles. The lowest BCUT2D eigenvalue weighted by Gasteiger charge is -2.37. The minimum Gasteiger partial charge on any atom is -0.476 e. The number of benzene rings is 1. The fourth-order valence-electron chi connectivity index (χ4n) is 3.81. The van der Waals surface area contributed by atoms with Crippen molar-refractivity contribution in [3.8, 4) is 0 Å². The molecule has 7 nitrogen and oxygen atoms in total. The van der Waals surface area contributed by atoms with Crippen LogP contribution in [0.25, 0.3) is 0 Å². The van der Waals surface area contributed by atoms with Crippen LogP contribution in [0.15, 0.2) is 42.1 Å². The summed E-state index contributed by atoms with van der Waals surface area (Å²) in [5, 5.41) is 16.8. The van der Waals surface area contributed by atoms with Gasteiger partial charge in [0.05, 0.1) is 18.8 Å². The number of nitrogens with zero attached hydrogens (tertiary/aromatic N) is 4. The maximum absolute atomic E-state index is 14.6. The first-order valence-corrected chi connectivity index (χ1v) is 10.5. The number of aromatic nitrogens is 3. The SMILES string of the molecule is O=C(O)c1cnn(C/C=C2/CN(C(C(=O)C3CC3)c3ccccc3F)CCC2S)n1. The first kappa shape index (κ1) is 20.7. The molecular formula is C21H23FN4O3S. The number of carbonyl (C=O) groups excluding carboxylic acids is 1. The maximum atomic E-state index is 14.6. The van der Waals surface area contributed by atoms with E-state index in [1.807, 2.05) is 11.0 Å². The number of piperidine rings is 1. The second kappa shape index (κ2) is 8.69. The zero-order valence-electron chi connectivity index (χ0n) is 16.3. The molecule has 0 spiro atoms. The molecule has 1 saturated carbocycles. The van der Waals surface area contributed by atoms with Gasteiger partial charge in [-0.05, 0) is 30.9 Å². The Hall–Kier alpha value is -2.52. The highest BCUT2D eigenvalue weighted by Gasteiger charge is 2.40. The molecule has 1 aromatic carbocycles. The molecule has 0 radical (unpaired) electrons. The van der Waals surface area contributed by atoms with E-state index in [1.165, 1.54) is 17.1 Å². The topological polar surface area (TPSA) is 88.3 Å². The summed E-state index contributed by atoms with van der Waals surface area (Å²) in [7, 11) is 0. The number of aromatic carboxylic acids is 1. The maximum Gasteiger partial charge on any atom is 0.358 e. The van der Waals surface area contributed by atoms with E-state index in [0.717, 1.165) is 24.8 Å². The second-order valence-electron chi connectivity index (χ2n) is 7.74. The average Bonchev–Trinajstić information content (AvgIpc) is 3.47. The highest BCUT2D eigenvalue weighted by Crippen LogP contribution is 2.39. The minimum atomic E-state index is -1.13. The number of hydrogen-bond acceptors (Lipinski definition) is 6. The lowest BCUT2D eigenvalue weighted by atomic mass is 9.93. The third-order valence-electron chi connectivity index (χ3n) is 5.59. The van der Waals surface area contributed by atoms with Gasteiger partial charge in [-0.3, -0.25) is 9.69 Å². The Labute approximate surface area is 179 Å². The van der Waals surface area contributed by atoms with Gasteiger partial charge >= 0.3 is 5.97 Å². The van der Waals surface area contributed by atoms with Gasteiger partial charge in [-0.25, -0.2) is 9.18 Å². The highest BCUT2D eigenvalue weighted by molar-refractivity contribution is 7.81. The molecule has 0 amide bonds. The third kappa shape index (κ3) is 4.46. The Morgan fingerprint density at radius 2 is 2.07 bits per heavy atom. The first-order chi connectivity index (χ1) is 14.4. The molecular weight excluding hydrogens is 407 g/mol. The summed E-state index contributed by atoms with van der Waals surface area (Å²) in [5.41, 5.74) is 1.30. The zero-order valence-corrected chi connectivity index (χ0v) is 17.2. The Balaban J connectivity index is 1.55. The molecule has 2 fully saturated rings. The smallest absolute Gasteiger partial charge is 0.358 e. The van der Waals surface area contributed by atoms with Crippen molar-refractivity contribution in [2.24, 2.45) is 5.92 Å². The van der Waals surface area contributed by atoms with Crippen LogP contribution in [0.1, 0.15) is 41.4 Å². The Bertz CT molecular complexity index is 988. The molecule has 1 saturated heterocycles. The van der Waals surface area contributed by atoms with Gasteiger partial charge in [0.1, 0.15) is 5.82 Å². The third-order valence-corrected chi connectivity index (χ3v) is 6.18. The average molecular weight is 431 g/mol. The van der Waals surface area contributed by atoms with E-state index < -0.39 is 12.0 Å². The largest absolute Gasteiger partial charge is 0.476 e. The number of halogens is 1. The summed E-state index contributed by atoms with van der Waals surface area (Å²) >= 11 is 4.66. The van der Waals surface area contributed by atoms with Gasteiger partial charge in [-0.2, -0.15) is 22.5 Å². The predicted octanol–water partition coefficient (Wildman–Crippen LogP) is 2.77. The number of rotatable bonds is 7. The number of allylic oxidation sites excluding steroid dienone is 1. The summed E-state index contributed by atoms with van der Waals surface area (Å²) in [6.45, 7) is 1.43. The van der Waals surface area contributed by atoms with Crippen LogP contribution >= 0.6 is 12.6 Å². The monoisotopic (exact) mass is 430 g/mol. The van der Waals surface area contributed by atoms with Crippen molar-refractivity contribution in [1.29, 1.82) is 0 Å². The lowest BCUT2D eigenvalue weighted by molar-refractivity contribution is -0.126. The summed E-state index contributed by atoms with van der Waals surface area (Å²) < 4.78 is 14.6. The van der Waals surface area contributed by atoms with Crippen LogP contribution in [-0.4, -0.2) is 55.1 Å². The van der Waals surface area contributed by atoms with Crippen molar-refractivity contribution in [2.45, 2.75) is 37.1 Å². The van der Waals surface area contributed by atoms with Gasteiger partial charge < -0.3 is 5.11 Å². The molecule has 0 bridgehead atoms. The normalized spacial score (nSPS) is 22.2. The molecule has 2 heterocycles. The van der Waals surface area contributed by atoms with Crippen molar-refractivity contribution < 1.29 is 19.1 Å². The molecule has 2 unspecified atom stereocenters. The number of Topliss-reactive ketones (excluding diaryl/α,β-unsaturated/α-hetero) is 1. The van der Waals surface area contributed by atoms with Gasteiger partial charge in [0, 0.05) is 29.8 Å². The van der Waals surface area contributed by atoms with E-state index in [0.29, 0.717) is 25.2 Å². The molecule has 2 aliphatic rings. The predicted molar refractivity (Wildman–Crippen MR) is 111 cm³/mol. The van der Waals surface area contributed by atoms with Crippen molar-refractivity contribution in [3.63, 3.8) is 0 Å². The van der Waals surface area contributed by atoms with Gasteiger partial charge in [0.25, 0.3) is 0 Å². The lowest BCUT2D eigenvalue weighted by Crippen LogP contribution is -2.42. The number of hydrogen-bond donors (Lipinski definition) is 2. The molecule has 30 heavy (non-hydrogen) atoms. The van der Waals surface area contributed by atoms with Crippen molar-refractivity contribution in [3.05, 3.63) is 59.2 Å². The highest BCUT2D eigenvalue weighted by atomic mass is 32.1. The van der Waals surface area contributed by atoms with Crippen LogP contribution in [0, 0.1) is 11.7 Å². The van der Waals surface area contributed by atoms with E-state index >= 15 is 0 Å². The van der Waals surface area contributed by atoms with E-state index in [2.05, 4.69) is 22.8 Å². The van der Waals surface area contributed by atoms with Crippen LogP contribution in [0.4, 0.5) is 4.39 Å². The Morgan fingerprint density at radius 1 is 1.30 bits per heavy atom. The fourth-order valence-corrected chi connectivity index (χ4v) is 4.12. The van der Waals surface area contributed by atoms with Crippen LogP contribution in [-0.2, 0) is 11.3 Å². The standard InChI is InChI=1S/C21H23FN4O3S/c22-16-4-2-1-3-15(16)19(20(27)13-5-6-13)25-9-8-18(30)14(12-25)7-10-26-23-11-17(24-26)21(28)29/h1-4,7,11,13,18-19,30H,5-6,8-10,12H2,(H,28,29)/b14-7-. The summed E-state index contributed by atoms with van der Waals surface area (Å²) in [6, 6.07) is 5.87. The number of carboxylic acids is 1. The number of carboxylic acid groups (broad SMARTS) is 1. The molecule has 2 aromatic rings. The molecule has 9 heteroatoms. The van der Waals surface area contributed by atoms with E-state index in [9.17, 15) is 14.0 Å². The van der Waals surface area contributed by atoms with Gasteiger partial charge in [-0.1, -0.05) is 24.3 Å². The van der Waals surface area contributed by atoms with Crippen molar-refractivity contribution in [2.75, 3.05) is 13.1 Å². The molecule has 2 atom stereocenters. The molecule has 1 aromatic heterocycles. The number of likely N-dealkylation sites (tertiary alicyclic amines) is 1. The van der Waals surface area contributed by atoms with Crippen LogP contribution < -0.4 is 0 Å². The number of thiol groups is 1. The summed E-state index contributed by atoms with van der Waals surface area (Å²) in [6.07, 6.45) is 5.58. The van der Waals surface area contributed by atoms with Crippen LogP contribution in [0.5, 0.6) is 0 Å².